The molecule has 0 atom stereocenters. The van der Waals surface area contributed by atoms with Gasteiger partial charge in [0, 0.05) is 12.1 Å². The van der Waals surface area contributed by atoms with E-state index >= 15 is 0 Å². The molecule has 0 aromatic carbocycles. The van der Waals surface area contributed by atoms with Crippen LogP contribution in [0.1, 0.15) is 13.8 Å². The zero-order valence-electron chi connectivity index (χ0n) is 8.92. The molecule has 4 nitrogen and oxygen atoms in total. The van der Waals surface area contributed by atoms with Crippen molar-refractivity contribution in [1.29, 1.82) is 0 Å². The van der Waals surface area contributed by atoms with E-state index in [0.717, 1.165) is 11.7 Å². The van der Waals surface area contributed by atoms with Crippen molar-refractivity contribution in [1.82, 2.24) is 15.1 Å². The highest BCUT2D eigenvalue weighted by atomic mass is 32.1. The number of hydrogen-bond acceptors (Lipinski definition) is 5. The molecule has 6 heteroatoms. The Bertz CT molecular complexity index is 339. The van der Waals surface area contributed by atoms with Gasteiger partial charge in [-0.1, -0.05) is 11.3 Å². The lowest BCUT2D eigenvalue weighted by molar-refractivity contribution is 0.334. The number of likely N-dealkylation sites (N-methyl/N-ethyl adjacent to an activating group) is 1. The predicted octanol–water partition coefficient (Wildman–Crippen LogP) is 1.95. The fourth-order valence-electron chi connectivity index (χ4n) is 1.40. The largest absolute Gasteiger partial charge is 0.354 e. The predicted molar refractivity (Wildman–Crippen MR) is 63.6 cm³/mol. The Kier molecular flexibility index (Phi) is 3.63. The van der Waals surface area contributed by atoms with Gasteiger partial charge in [-0.15, -0.1) is 5.10 Å². The molecule has 1 aromatic rings. The van der Waals surface area contributed by atoms with Crippen LogP contribution in [0, 0.1) is 3.95 Å². The van der Waals surface area contributed by atoms with E-state index in [0.29, 0.717) is 3.95 Å². The summed E-state index contributed by atoms with van der Waals surface area (Å²) in [5.41, 5.74) is -0.00301. The van der Waals surface area contributed by atoms with Crippen molar-refractivity contribution < 1.29 is 0 Å². The van der Waals surface area contributed by atoms with Crippen molar-refractivity contribution in [2.24, 2.45) is 0 Å². The summed E-state index contributed by atoms with van der Waals surface area (Å²) in [6.07, 6.45) is 0. The maximum Gasteiger partial charge on any atom is 0.204 e. The summed E-state index contributed by atoms with van der Waals surface area (Å²) in [4.78, 5) is 2.14. The Balaban J connectivity index is 2.63. The number of hydrogen-bond donors (Lipinski definition) is 2. The van der Waals surface area contributed by atoms with Crippen molar-refractivity contribution >= 4 is 28.7 Å². The first kappa shape index (κ1) is 11.6. The van der Waals surface area contributed by atoms with Gasteiger partial charge in [0.25, 0.3) is 0 Å². The van der Waals surface area contributed by atoms with Crippen LogP contribution in [0.5, 0.6) is 0 Å². The Hall–Kier alpha value is -0.460. The Morgan fingerprint density at radius 2 is 2.21 bits per heavy atom. The van der Waals surface area contributed by atoms with E-state index in [2.05, 4.69) is 48.4 Å². The van der Waals surface area contributed by atoms with Crippen molar-refractivity contribution in [3.8, 4) is 0 Å². The van der Waals surface area contributed by atoms with Gasteiger partial charge in [-0.2, -0.15) is 0 Å². The smallest absolute Gasteiger partial charge is 0.204 e. The molecule has 0 amide bonds. The van der Waals surface area contributed by atoms with Crippen LogP contribution in [-0.2, 0) is 0 Å². The molecule has 0 bridgehead atoms. The number of anilines is 1. The molecule has 0 saturated heterocycles. The zero-order chi connectivity index (χ0) is 10.8. The average molecular weight is 232 g/mol. The van der Waals surface area contributed by atoms with Gasteiger partial charge in [-0.25, -0.2) is 0 Å². The number of aromatic amines is 1. The summed E-state index contributed by atoms with van der Waals surface area (Å²) in [5, 5.41) is 11.0. The topological polar surface area (TPSA) is 44.0 Å². The van der Waals surface area contributed by atoms with E-state index in [1.807, 2.05) is 0 Å². The summed E-state index contributed by atoms with van der Waals surface area (Å²) in [6, 6.07) is 0. The first-order valence-electron chi connectivity index (χ1n) is 4.37. The van der Waals surface area contributed by atoms with Crippen LogP contribution < -0.4 is 5.32 Å². The van der Waals surface area contributed by atoms with Crippen molar-refractivity contribution in [3.63, 3.8) is 0 Å². The fourth-order valence-corrected chi connectivity index (χ4v) is 2.37. The molecule has 0 aliphatic carbocycles. The van der Waals surface area contributed by atoms with Gasteiger partial charge in [0.2, 0.25) is 5.13 Å². The lowest BCUT2D eigenvalue weighted by atomic mass is 10.1. The Morgan fingerprint density at radius 1 is 1.57 bits per heavy atom. The van der Waals surface area contributed by atoms with Crippen LogP contribution in [-0.4, -0.2) is 41.3 Å². The second-order valence-corrected chi connectivity index (χ2v) is 5.83. The van der Waals surface area contributed by atoms with E-state index in [1.54, 1.807) is 0 Å². The first-order chi connectivity index (χ1) is 6.39. The molecule has 1 heterocycles. The van der Waals surface area contributed by atoms with Crippen molar-refractivity contribution in [3.05, 3.63) is 3.95 Å². The van der Waals surface area contributed by atoms with E-state index in [-0.39, 0.29) is 5.54 Å². The normalized spacial score (nSPS) is 12.1. The number of nitrogens with zero attached hydrogens (tertiary/aromatic N) is 2. The first-order valence-corrected chi connectivity index (χ1v) is 5.60. The monoisotopic (exact) mass is 232 g/mol. The quantitative estimate of drug-likeness (QED) is 0.779. The van der Waals surface area contributed by atoms with Gasteiger partial charge >= 0.3 is 0 Å². The van der Waals surface area contributed by atoms with Crippen molar-refractivity contribution in [2.75, 3.05) is 26.0 Å². The van der Waals surface area contributed by atoms with Crippen LogP contribution in [0.25, 0.3) is 0 Å². The summed E-state index contributed by atoms with van der Waals surface area (Å²) >= 11 is 6.42. The van der Waals surface area contributed by atoms with Gasteiger partial charge < -0.3 is 10.2 Å². The van der Waals surface area contributed by atoms with E-state index in [4.69, 9.17) is 12.2 Å². The average Bonchev–Trinajstić information content (AvgIpc) is 2.30. The molecule has 0 unspecified atom stereocenters. The van der Waals surface area contributed by atoms with Gasteiger partial charge in [0.15, 0.2) is 3.95 Å². The lowest BCUT2D eigenvalue weighted by Gasteiger charge is -2.28. The minimum absolute atomic E-state index is 0.00301. The molecule has 80 valence electrons. The van der Waals surface area contributed by atoms with Crippen LogP contribution in [0.2, 0.25) is 0 Å². The van der Waals surface area contributed by atoms with E-state index in [1.165, 1.54) is 11.3 Å². The number of rotatable bonds is 4. The van der Waals surface area contributed by atoms with E-state index in [9.17, 15) is 0 Å². The third kappa shape index (κ3) is 3.73. The number of aromatic nitrogens is 2. The minimum Gasteiger partial charge on any atom is -0.354 e. The summed E-state index contributed by atoms with van der Waals surface area (Å²) in [7, 11) is 4.10. The highest BCUT2D eigenvalue weighted by molar-refractivity contribution is 7.73. The lowest BCUT2D eigenvalue weighted by Crippen LogP contribution is -2.41. The maximum absolute atomic E-state index is 4.96. The van der Waals surface area contributed by atoms with Crippen molar-refractivity contribution in [2.45, 2.75) is 19.4 Å². The molecule has 0 radical (unpaired) electrons. The van der Waals surface area contributed by atoms with Gasteiger partial charge in [-0.3, -0.25) is 5.10 Å². The molecule has 0 spiro atoms. The molecule has 0 aliphatic heterocycles. The van der Waals surface area contributed by atoms with Gasteiger partial charge in [-0.05, 0) is 40.2 Å². The standard InChI is InChI=1S/C8H16N4S2/c1-8(2,5-12(3)4)9-6-10-11-7(13)14-6/h5H2,1-4H3,(H,9,10)(H,11,13). The van der Waals surface area contributed by atoms with E-state index < -0.39 is 0 Å². The van der Waals surface area contributed by atoms with Crippen LogP contribution in [0.3, 0.4) is 0 Å². The molecular formula is C8H16N4S2. The molecule has 2 N–H and O–H groups in total. The number of H-pyrrole nitrogens is 1. The molecule has 14 heavy (non-hydrogen) atoms. The number of nitrogens with one attached hydrogen (secondary N) is 2. The second-order valence-electron chi connectivity index (χ2n) is 4.16. The fraction of sp³-hybridized carbons (Fsp3) is 0.750. The van der Waals surface area contributed by atoms with Crippen LogP contribution in [0.4, 0.5) is 5.13 Å². The molecule has 1 rings (SSSR count). The van der Waals surface area contributed by atoms with Crippen LogP contribution >= 0.6 is 23.6 Å². The van der Waals surface area contributed by atoms with Gasteiger partial charge in [0.1, 0.15) is 0 Å². The Labute approximate surface area is 93.3 Å². The molecular weight excluding hydrogens is 216 g/mol. The molecule has 0 fully saturated rings. The SMILES string of the molecule is CN(C)CC(C)(C)Nc1n[nH]c(=S)s1. The minimum atomic E-state index is -0.00301. The molecule has 0 aliphatic rings. The Morgan fingerprint density at radius 3 is 2.64 bits per heavy atom. The third-order valence-corrected chi connectivity index (χ3v) is 2.60. The maximum atomic E-state index is 4.96. The summed E-state index contributed by atoms with van der Waals surface area (Å²) in [5.74, 6) is 0. The summed E-state index contributed by atoms with van der Waals surface area (Å²) < 4.78 is 0.702. The highest BCUT2D eigenvalue weighted by Gasteiger charge is 2.19. The van der Waals surface area contributed by atoms with Crippen LogP contribution in [0.15, 0.2) is 0 Å². The molecule has 1 aromatic heterocycles. The highest BCUT2D eigenvalue weighted by Crippen LogP contribution is 2.17. The second kappa shape index (κ2) is 4.37. The third-order valence-electron chi connectivity index (χ3n) is 1.59. The van der Waals surface area contributed by atoms with Gasteiger partial charge in [0.05, 0.1) is 0 Å². The summed E-state index contributed by atoms with van der Waals surface area (Å²) in [6.45, 7) is 5.22. The molecule has 0 saturated carbocycles. The zero-order valence-corrected chi connectivity index (χ0v) is 10.6.